The summed E-state index contributed by atoms with van der Waals surface area (Å²) >= 11 is 0. The molecule has 0 unspecified atom stereocenters. The molecule has 11 heteroatoms. The number of aliphatic hydroxyl groups excluding tert-OH is 1. The fraction of sp³-hybridized carbons (Fsp3) is 0.552. The zero-order valence-corrected chi connectivity index (χ0v) is 22.9. The fourth-order valence-corrected chi connectivity index (χ4v) is 4.96. The summed E-state index contributed by atoms with van der Waals surface area (Å²) in [5.74, 6) is 0.937. The number of hydrogen-bond acceptors (Lipinski definition) is 8. The average Bonchev–Trinajstić information content (AvgIpc) is 2.94. The molecule has 216 valence electrons. The van der Waals surface area contributed by atoms with E-state index in [0.29, 0.717) is 38.9 Å². The third-order valence-electron chi connectivity index (χ3n) is 7.10. The maximum atomic E-state index is 15.0. The molecule has 0 radical (unpaired) electrons. The number of hydrogen-bond donors (Lipinski definition) is 1. The van der Waals surface area contributed by atoms with Crippen molar-refractivity contribution in [3.05, 3.63) is 41.2 Å². The second kappa shape index (κ2) is 13.7. The topological polar surface area (TPSA) is 97.3 Å². The van der Waals surface area contributed by atoms with Crippen LogP contribution in [0.4, 0.5) is 13.6 Å². The Hall–Kier alpha value is -3.49. The monoisotopic (exact) mass is 558 g/mol. The van der Waals surface area contributed by atoms with Gasteiger partial charge in [-0.25, -0.2) is 23.5 Å². The summed E-state index contributed by atoms with van der Waals surface area (Å²) in [6.07, 6.45) is 9.41. The van der Waals surface area contributed by atoms with Crippen LogP contribution in [0.15, 0.2) is 18.5 Å². The summed E-state index contributed by atoms with van der Waals surface area (Å²) in [6, 6.07) is 2.12. The molecule has 2 saturated heterocycles. The van der Waals surface area contributed by atoms with Crippen molar-refractivity contribution in [1.82, 2.24) is 19.8 Å². The van der Waals surface area contributed by atoms with Gasteiger partial charge in [0.15, 0.2) is 11.6 Å². The van der Waals surface area contributed by atoms with Gasteiger partial charge in [-0.05, 0) is 57.2 Å². The SMILES string of the molecule is C#Cc1c(Oc2cc(F)c(CCN3CCC[C@H](CO)C3)cc2F)ncnc1OC1CCN(C(=O)OC(C)C)CC1. The predicted octanol–water partition coefficient (Wildman–Crippen LogP) is 4.16. The summed E-state index contributed by atoms with van der Waals surface area (Å²) in [6.45, 7) is 6.82. The molecule has 1 aromatic carbocycles. The average molecular weight is 559 g/mol. The van der Waals surface area contributed by atoms with Crippen LogP contribution in [0.3, 0.4) is 0 Å². The summed E-state index contributed by atoms with van der Waals surface area (Å²) in [7, 11) is 0. The van der Waals surface area contributed by atoms with E-state index >= 15 is 0 Å². The molecule has 2 fully saturated rings. The van der Waals surface area contributed by atoms with Gasteiger partial charge in [0.05, 0.1) is 6.10 Å². The van der Waals surface area contributed by atoms with E-state index in [1.807, 2.05) is 0 Å². The first-order valence-electron chi connectivity index (χ1n) is 13.7. The zero-order valence-electron chi connectivity index (χ0n) is 22.9. The van der Waals surface area contributed by atoms with Crippen LogP contribution in [-0.4, -0.2) is 82.5 Å². The number of amides is 1. The molecule has 40 heavy (non-hydrogen) atoms. The van der Waals surface area contributed by atoms with Crippen LogP contribution >= 0.6 is 0 Å². The van der Waals surface area contributed by atoms with E-state index in [-0.39, 0.29) is 59.5 Å². The predicted molar refractivity (Wildman–Crippen MR) is 143 cm³/mol. The lowest BCUT2D eigenvalue weighted by Gasteiger charge is -2.31. The van der Waals surface area contributed by atoms with E-state index < -0.39 is 11.6 Å². The lowest BCUT2D eigenvalue weighted by atomic mass is 9.98. The lowest BCUT2D eigenvalue weighted by molar-refractivity contribution is 0.0506. The van der Waals surface area contributed by atoms with Gasteiger partial charge < -0.3 is 29.1 Å². The number of piperidine rings is 2. The Bertz CT molecular complexity index is 1210. The third kappa shape index (κ3) is 7.58. The first kappa shape index (κ1) is 29.5. The molecule has 0 spiro atoms. The number of aliphatic hydroxyl groups is 1. The fourth-order valence-electron chi connectivity index (χ4n) is 4.96. The van der Waals surface area contributed by atoms with E-state index in [1.54, 1.807) is 18.7 Å². The first-order valence-corrected chi connectivity index (χ1v) is 13.7. The van der Waals surface area contributed by atoms with Gasteiger partial charge in [-0.1, -0.05) is 5.92 Å². The van der Waals surface area contributed by atoms with Gasteiger partial charge >= 0.3 is 6.09 Å². The smallest absolute Gasteiger partial charge is 0.410 e. The number of terminal acetylenes is 1. The molecule has 0 aliphatic carbocycles. The largest absolute Gasteiger partial charge is 0.473 e. The van der Waals surface area contributed by atoms with Crippen LogP contribution in [0.1, 0.15) is 50.7 Å². The normalized spacial score (nSPS) is 18.4. The number of halogens is 2. The Kier molecular flexibility index (Phi) is 10.1. The van der Waals surface area contributed by atoms with Crippen molar-refractivity contribution in [3.63, 3.8) is 0 Å². The Morgan fingerprint density at radius 2 is 1.90 bits per heavy atom. The van der Waals surface area contributed by atoms with Gasteiger partial charge in [0.25, 0.3) is 0 Å². The highest BCUT2D eigenvalue weighted by Gasteiger charge is 2.27. The summed E-state index contributed by atoms with van der Waals surface area (Å²) in [5, 5.41) is 9.42. The van der Waals surface area contributed by atoms with E-state index in [0.717, 1.165) is 38.1 Å². The quantitative estimate of drug-likeness (QED) is 0.459. The first-order chi connectivity index (χ1) is 19.3. The van der Waals surface area contributed by atoms with E-state index in [1.165, 1.54) is 6.33 Å². The Balaban J connectivity index is 1.39. The Morgan fingerprint density at radius 3 is 2.60 bits per heavy atom. The van der Waals surface area contributed by atoms with Crippen molar-refractivity contribution >= 4 is 6.09 Å². The number of carbonyl (C=O) groups is 1. The van der Waals surface area contributed by atoms with Crippen molar-refractivity contribution in [3.8, 4) is 29.9 Å². The lowest BCUT2D eigenvalue weighted by Crippen LogP contribution is -2.42. The minimum absolute atomic E-state index is 0.0802. The van der Waals surface area contributed by atoms with Gasteiger partial charge in [-0.15, -0.1) is 6.42 Å². The molecule has 0 saturated carbocycles. The number of likely N-dealkylation sites (tertiary alicyclic amines) is 2. The minimum atomic E-state index is -0.743. The van der Waals surface area contributed by atoms with Crippen molar-refractivity contribution in [2.24, 2.45) is 5.92 Å². The molecular weight excluding hydrogens is 522 g/mol. The Morgan fingerprint density at radius 1 is 1.15 bits per heavy atom. The number of nitrogens with zero attached hydrogens (tertiary/aromatic N) is 4. The molecule has 1 N–H and O–H groups in total. The molecular formula is C29H36F2N4O5. The van der Waals surface area contributed by atoms with Crippen LogP contribution in [0.5, 0.6) is 17.5 Å². The molecule has 1 amide bonds. The molecule has 1 atom stereocenters. The van der Waals surface area contributed by atoms with Gasteiger partial charge in [-0.2, -0.15) is 0 Å². The molecule has 0 bridgehead atoms. The summed E-state index contributed by atoms with van der Waals surface area (Å²) in [4.78, 5) is 24.1. The van der Waals surface area contributed by atoms with Gasteiger partial charge in [0.1, 0.15) is 23.8 Å². The third-order valence-corrected chi connectivity index (χ3v) is 7.10. The molecule has 2 aromatic rings. The molecule has 9 nitrogen and oxygen atoms in total. The summed E-state index contributed by atoms with van der Waals surface area (Å²) in [5.41, 5.74) is 0.319. The number of aromatic nitrogens is 2. The molecule has 3 heterocycles. The Labute approximate surface area is 233 Å². The van der Waals surface area contributed by atoms with Crippen LogP contribution in [0.2, 0.25) is 0 Å². The van der Waals surface area contributed by atoms with E-state index in [2.05, 4.69) is 20.8 Å². The number of ether oxygens (including phenoxy) is 3. The second-order valence-corrected chi connectivity index (χ2v) is 10.5. The number of carbonyl (C=O) groups excluding carboxylic acids is 1. The highest BCUT2D eigenvalue weighted by molar-refractivity contribution is 5.67. The molecule has 2 aliphatic rings. The van der Waals surface area contributed by atoms with Crippen molar-refractivity contribution in [1.29, 1.82) is 0 Å². The van der Waals surface area contributed by atoms with Crippen LogP contribution in [0.25, 0.3) is 0 Å². The molecule has 1 aromatic heterocycles. The summed E-state index contributed by atoms with van der Waals surface area (Å²) < 4.78 is 46.8. The van der Waals surface area contributed by atoms with Gasteiger partial charge in [-0.3, -0.25) is 0 Å². The zero-order chi connectivity index (χ0) is 28.6. The number of benzene rings is 1. The van der Waals surface area contributed by atoms with Crippen molar-refractivity contribution < 1.29 is 32.9 Å². The van der Waals surface area contributed by atoms with Gasteiger partial charge in [0, 0.05) is 51.7 Å². The van der Waals surface area contributed by atoms with E-state index in [4.69, 9.17) is 20.6 Å². The van der Waals surface area contributed by atoms with Gasteiger partial charge in [0.2, 0.25) is 11.8 Å². The minimum Gasteiger partial charge on any atom is -0.473 e. The standard InChI is InChI=1S/C29H36F2N4O5/c1-4-23-27(39-22-8-12-35(13-9-22)29(37)38-19(2)3)32-18-33-28(23)40-26-15-24(30)21(14-25(26)31)7-11-34-10-5-6-20(16-34)17-36/h1,14-15,18-20,22,36H,5-13,16-17H2,2-3H3/t20-/m0/s1. The maximum absolute atomic E-state index is 15.0. The second-order valence-electron chi connectivity index (χ2n) is 10.5. The molecule has 4 rings (SSSR count). The van der Waals surface area contributed by atoms with Crippen molar-refractivity contribution in [2.45, 2.75) is 58.2 Å². The maximum Gasteiger partial charge on any atom is 0.410 e. The highest BCUT2D eigenvalue weighted by Crippen LogP contribution is 2.32. The van der Waals surface area contributed by atoms with Crippen LogP contribution in [-0.2, 0) is 11.2 Å². The van der Waals surface area contributed by atoms with Crippen LogP contribution in [0, 0.1) is 29.9 Å². The molecule has 2 aliphatic heterocycles. The number of rotatable bonds is 9. The van der Waals surface area contributed by atoms with E-state index in [9.17, 15) is 18.7 Å². The highest BCUT2D eigenvalue weighted by atomic mass is 19.1. The van der Waals surface area contributed by atoms with Crippen LogP contribution < -0.4 is 9.47 Å². The van der Waals surface area contributed by atoms with Crippen molar-refractivity contribution in [2.75, 3.05) is 39.3 Å².